The third-order valence-corrected chi connectivity index (χ3v) is 3.12. The van der Waals surface area contributed by atoms with Crippen molar-refractivity contribution in [3.05, 3.63) is 29.6 Å². The lowest BCUT2D eigenvalue weighted by atomic mass is 10.1. The number of benzene rings is 1. The van der Waals surface area contributed by atoms with Crippen LogP contribution in [-0.2, 0) is 9.84 Å². The summed E-state index contributed by atoms with van der Waals surface area (Å²) >= 11 is 0. The van der Waals surface area contributed by atoms with Gasteiger partial charge in [-0.3, -0.25) is 4.79 Å². The summed E-state index contributed by atoms with van der Waals surface area (Å²) in [6, 6.07) is 3.27. The highest BCUT2D eigenvalue weighted by molar-refractivity contribution is 7.90. The van der Waals surface area contributed by atoms with Crippen LogP contribution >= 0.6 is 0 Å². The van der Waals surface area contributed by atoms with Gasteiger partial charge >= 0.3 is 0 Å². The van der Waals surface area contributed by atoms with Crippen molar-refractivity contribution in [1.82, 2.24) is 5.32 Å². The second kappa shape index (κ2) is 4.71. The minimum Gasteiger partial charge on any atom is -0.313 e. The molecule has 0 saturated carbocycles. The summed E-state index contributed by atoms with van der Waals surface area (Å²) in [5.74, 6) is -1.23. The minimum atomic E-state index is -3.45. The molecule has 0 aliphatic rings. The van der Waals surface area contributed by atoms with E-state index in [2.05, 4.69) is 5.32 Å². The molecule has 6 heteroatoms. The molecule has 0 amide bonds. The van der Waals surface area contributed by atoms with Gasteiger partial charge in [0.1, 0.15) is 5.82 Å². The van der Waals surface area contributed by atoms with Gasteiger partial charge in [0.2, 0.25) is 0 Å². The van der Waals surface area contributed by atoms with Crippen LogP contribution in [0.2, 0.25) is 0 Å². The van der Waals surface area contributed by atoms with Crippen LogP contribution in [0.4, 0.5) is 4.39 Å². The molecule has 0 aliphatic heterocycles. The summed E-state index contributed by atoms with van der Waals surface area (Å²) in [6.45, 7) is 0.00907. The highest BCUT2D eigenvalue weighted by Crippen LogP contribution is 2.15. The smallest absolute Gasteiger partial charge is 0.179 e. The Kier molecular flexibility index (Phi) is 3.77. The molecular weight excluding hydrogens is 233 g/mol. The maximum atomic E-state index is 13.4. The van der Waals surface area contributed by atoms with Crippen molar-refractivity contribution >= 4 is 15.6 Å². The number of carbonyl (C=O) groups is 1. The Balaban J connectivity index is 3.15. The summed E-state index contributed by atoms with van der Waals surface area (Å²) in [5.41, 5.74) is -0.109. The molecule has 0 unspecified atom stereocenters. The number of carbonyl (C=O) groups excluding carboxylic acids is 1. The van der Waals surface area contributed by atoms with Crippen molar-refractivity contribution in [3.8, 4) is 0 Å². The molecule has 1 N–H and O–H groups in total. The molecule has 0 bridgehead atoms. The van der Waals surface area contributed by atoms with Gasteiger partial charge in [-0.05, 0) is 25.2 Å². The summed E-state index contributed by atoms with van der Waals surface area (Å²) < 4.78 is 35.7. The Morgan fingerprint density at radius 2 is 2.06 bits per heavy atom. The number of sulfone groups is 1. The topological polar surface area (TPSA) is 63.2 Å². The first-order valence-corrected chi connectivity index (χ1v) is 6.43. The summed E-state index contributed by atoms with van der Waals surface area (Å²) in [7, 11) is -1.88. The summed E-state index contributed by atoms with van der Waals surface area (Å²) in [6.07, 6.45) is 0.983. The zero-order valence-corrected chi connectivity index (χ0v) is 9.77. The fourth-order valence-electron chi connectivity index (χ4n) is 1.21. The molecule has 0 aromatic heterocycles. The van der Waals surface area contributed by atoms with E-state index in [9.17, 15) is 17.6 Å². The van der Waals surface area contributed by atoms with Gasteiger partial charge in [0, 0.05) is 6.26 Å². The van der Waals surface area contributed by atoms with Crippen LogP contribution in [-0.4, -0.2) is 34.0 Å². The maximum absolute atomic E-state index is 13.4. The maximum Gasteiger partial charge on any atom is 0.179 e. The Morgan fingerprint density at radius 1 is 1.44 bits per heavy atom. The third-order valence-electron chi connectivity index (χ3n) is 2.01. The lowest BCUT2D eigenvalue weighted by Gasteiger charge is -2.04. The van der Waals surface area contributed by atoms with Crippen LogP contribution < -0.4 is 5.32 Å². The summed E-state index contributed by atoms with van der Waals surface area (Å²) in [5, 5.41) is 2.60. The van der Waals surface area contributed by atoms with E-state index < -0.39 is 21.4 Å². The number of rotatable bonds is 4. The van der Waals surface area contributed by atoms with Crippen LogP contribution in [0.25, 0.3) is 0 Å². The van der Waals surface area contributed by atoms with Crippen LogP contribution in [0.15, 0.2) is 23.1 Å². The molecule has 0 spiro atoms. The van der Waals surface area contributed by atoms with Gasteiger partial charge in [-0.15, -0.1) is 0 Å². The van der Waals surface area contributed by atoms with E-state index >= 15 is 0 Å². The quantitative estimate of drug-likeness (QED) is 0.790. The third kappa shape index (κ3) is 2.86. The molecule has 1 aromatic carbocycles. The number of halogens is 1. The molecule has 0 radical (unpaired) electrons. The van der Waals surface area contributed by atoms with Crippen molar-refractivity contribution in [3.63, 3.8) is 0 Å². The first kappa shape index (κ1) is 12.8. The van der Waals surface area contributed by atoms with E-state index in [0.29, 0.717) is 0 Å². The van der Waals surface area contributed by atoms with Crippen LogP contribution in [0, 0.1) is 5.82 Å². The van der Waals surface area contributed by atoms with E-state index in [0.717, 1.165) is 12.3 Å². The van der Waals surface area contributed by atoms with Gasteiger partial charge in [-0.25, -0.2) is 12.8 Å². The van der Waals surface area contributed by atoms with E-state index in [1.54, 1.807) is 7.05 Å². The fraction of sp³-hybridized carbons (Fsp3) is 0.300. The van der Waals surface area contributed by atoms with Crippen molar-refractivity contribution in [1.29, 1.82) is 0 Å². The standard InChI is InChI=1S/C10H12FNO3S/c1-12-6-10(13)8-4-3-7(5-9(8)11)16(2,14)15/h3-5,12H,6H2,1-2H3. The molecule has 0 saturated heterocycles. The SMILES string of the molecule is CNCC(=O)c1ccc(S(C)(=O)=O)cc1F. The first-order chi connectivity index (χ1) is 7.36. The normalized spacial score (nSPS) is 11.4. The summed E-state index contributed by atoms with van der Waals surface area (Å²) in [4.78, 5) is 11.2. The Morgan fingerprint density at radius 3 is 2.50 bits per heavy atom. The number of likely N-dealkylation sites (N-methyl/N-ethyl adjacent to an activating group) is 1. The number of hydrogen-bond acceptors (Lipinski definition) is 4. The fourth-order valence-corrected chi connectivity index (χ4v) is 1.84. The molecule has 0 atom stereocenters. The Labute approximate surface area is 93.4 Å². The van der Waals surface area contributed by atoms with Crippen molar-refractivity contribution in [2.24, 2.45) is 0 Å². The molecule has 16 heavy (non-hydrogen) atoms. The van der Waals surface area contributed by atoms with E-state index in [1.807, 2.05) is 0 Å². The number of hydrogen-bond donors (Lipinski definition) is 1. The number of nitrogens with one attached hydrogen (secondary N) is 1. The molecular formula is C10H12FNO3S. The van der Waals surface area contributed by atoms with Crippen molar-refractivity contribution < 1.29 is 17.6 Å². The van der Waals surface area contributed by atoms with E-state index in [1.165, 1.54) is 12.1 Å². The lowest BCUT2D eigenvalue weighted by Crippen LogP contribution is -2.19. The van der Waals surface area contributed by atoms with Crippen molar-refractivity contribution in [2.45, 2.75) is 4.90 Å². The average Bonchev–Trinajstić information content (AvgIpc) is 2.16. The van der Waals surface area contributed by atoms with Crippen molar-refractivity contribution in [2.75, 3.05) is 19.8 Å². The van der Waals surface area contributed by atoms with Gasteiger partial charge < -0.3 is 5.32 Å². The molecule has 0 heterocycles. The van der Waals surface area contributed by atoms with Gasteiger partial charge in [0.05, 0.1) is 17.0 Å². The molecule has 88 valence electrons. The lowest BCUT2D eigenvalue weighted by molar-refractivity contribution is 0.0989. The van der Waals surface area contributed by atoms with Gasteiger partial charge in [-0.1, -0.05) is 0 Å². The number of Topliss-reactive ketones (excluding diaryl/α,β-unsaturated/α-hetero) is 1. The zero-order valence-electron chi connectivity index (χ0n) is 8.95. The highest BCUT2D eigenvalue weighted by atomic mass is 32.2. The van der Waals surface area contributed by atoms with Gasteiger partial charge in [-0.2, -0.15) is 0 Å². The zero-order chi connectivity index (χ0) is 12.3. The molecule has 4 nitrogen and oxygen atoms in total. The van der Waals surface area contributed by atoms with Gasteiger partial charge in [0.15, 0.2) is 15.6 Å². The average molecular weight is 245 g/mol. The first-order valence-electron chi connectivity index (χ1n) is 4.53. The molecule has 0 fully saturated rings. The van der Waals surface area contributed by atoms with E-state index in [-0.39, 0.29) is 17.0 Å². The molecule has 1 aromatic rings. The van der Waals surface area contributed by atoms with Crippen LogP contribution in [0.3, 0.4) is 0 Å². The molecule has 1 rings (SSSR count). The Hall–Kier alpha value is -1.27. The highest BCUT2D eigenvalue weighted by Gasteiger charge is 2.14. The molecule has 0 aliphatic carbocycles. The largest absolute Gasteiger partial charge is 0.313 e. The minimum absolute atomic E-state index is 0.00907. The van der Waals surface area contributed by atoms with E-state index in [4.69, 9.17) is 0 Å². The second-order valence-corrected chi connectivity index (χ2v) is 5.38. The van der Waals surface area contributed by atoms with Crippen LogP contribution in [0.1, 0.15) is 10.4 Å². The monoisotopic (exact) mass is 245 g/mol. The predicted molar refractivity (Wildman–Crippen MR) is 57.8 cm³/mol. The Bertz CT molecular complexity index is 511. The van der Waals surface area contributed by atoms with Gasteiger partial charge in [0.25, 0.3) is 0 Å². The number of ketones is 1. The predicted octanol–water partition coefficient (Wildman–Crippen LogP) is 0.631. The van der Waals surface area contributed by atoms with Crippen LogP contribution in [0.5, 0.6) is 0 Å². The second-order valence-electron chi connectivity index (χ2n) is 3.37.